The maximum absolute atomic E-state index is 12.2. The van der Waals surface area contributed by atoms with Crippen molar-refractivity contribution in [3.63, 3.8) is 0 Å². The van der Waals surface area contributed by atoms with E-state index >= 15 is 0 Å². The normalized spacial score (nSPS) is 22.8. The predicted molar refractivity (Wildman–Crippen MR) is 77.0 cm³/mol. The molecule has 1 aromatic rings. The molecule has 4 nitrogen and oxygen atoms in total. The van der Waals surface area contributed by atoms with Gasteiger partial charge in [-0.25, -0.2) is 0 Å². The molecule has 0 saturated heterocycles. The van der Waals surface area contributed by atoms with Gasteiger partial charge in [0.2, 0.25) is 5.91 Å². The van der Waals surface area contributed by atoms with Crippen LogP contribution in [0.5, 0.6) is 0 Å². The number of thioether (sulfide) groups is 1. The van der Waals surface area contributed by atoms with Gasteiger partial charge in [0, 0.05) is 15.7 Å². The molecule has 0 radical (unpaired) electrons. The highest BCUT2D eigenvalue weighted by atomic mass is 35.5. The number of carbonyl (C=O) groups is 2. The molecule has 20 heavy (non-hydrogen) atoms. The summed E-state index contributed by atoms with van der Waals surface area (Å²) in [5.74, 6) is -0.487. The van der Waals surface area contributed by atoms with E-state index < -0.39 is 11.4 Å². The molecule has 1 atom stereocenters. The molecule has 2 aliphatic rings. The van der Waals surface area contributed by atoms with Gasteiger partial charge in [0.05, 0.1) is 6.04 Å². The summed E-state index contributed by atoms with van der Waals surface area (Å²) in [6, 6.07) is 5.49. The Balaban J connectivity index is 1.82. The highest BCUT2D eigenvalue weighted by Gasteiger charge is 2.57. The van der Waals surface area contributed by atoms with Crippen LogP contribution in [0.4, 0.5) is 0 Å². The zero-order valence-corrected chi connectivity index (χ0v) is 12.3. The first-order valence-electron chi connectivity index (χ1n) is 6.49. The monoisotopic (exact) mass is 311 g/mol. The smallest absolute Gasteiger partial charge is 0.319 e. The summed E-state index contributed by atoms with van der Waals surface area (Å²) in [6.07, 6.45) is 1.65. The summed E-state index contributed by atoms with van der Waals surface area (Å²) in [4.78, 5) is 24.5. The third kappa shape index (κ3) is 2.29. The minimum Gasteiger partial charge on any atom is -0.480 e. The lowest BCUT2D eigenvalue weighted by Gasteiger charge is -2.27. The molecule has 1 fully saturated rings. The Bertz CT molecular complexity index is 586. The molecule has 0 spiro atoms. The van der Waals surface area contributed by atoms with Gasteiger partial charge in [0.1, 0.15) is 5.41 Å². The standard InChI is InChI=1S/C14H14ClNO3S/c15-8-1-2-11-9(7-8)10(3-6-20-11)16-12(17)14(4-5-14)13(18)19/h1-2,7,10H,3-6H2,(H,16,17)(H,18,19). The number of carboxylic acid groups (broad SMARTS) is 1. The van der Waals surface area contributed by atoms with Crippen molar-refractivity contribution < 1.29 is 14.7 Å². The van der Waals surface area contributed by atoms with E-state index in [1.54, 1.807) is 11.8 Å². The van der Waals surface area contributed by atoms with Crippen LogP contribution in [-0.4, -0.2) is 22.7 Å². The van der Waals surface area contributed by atoms with Crippen molar-refractivity contribution in [2.45, 2.75) is 30.2 Å². The Kier molecular flexibility index (Phi) is 3.42. The first-order chi connectivity index (χ1) is 9.53. The molecule has 0 bridgehead atoms. The maximum Gasteiger partial charge on any atom is 0.319 e. The summed E-state index contributed by atoms with van der Waals surface area (Å²) in [6.45, 7) is 0. The lowest BCUT2D eigenvalue weighted by atomic mass is 10.0. The van der Waals surface area contributed by atoms with Crippen LogP contribution in [0.3, 0.4) is 0 Å². The van der Waals surface area contributed by atoms with E-state index in [0.717, 1.165) is 22.6 Å². The summed E-state index contributed by atoms with van der Waals surface area (Å²) in [5, 5.41) is 12.7. The molecule has 3 rings (SSSR count). The number of aliphatic carboxylic acids is 1. The van der Waals surface area contributed by atoms with Crippen molar-refractivity contribution in [2.24, 2.45) is 5.41 Å². The van der Waals surface area contributed by atoms with Gasteiger partial charge in [0.25, 0.3) is 0 Å². The van der Waals surface area contributed by atoms with Gasteiger partial charge in [-0.05, 0) is 43.0 Å². The average Bonchev–Trinajstić information content (AvgIpc) is 3.21. The molecule has 1 heterocycles. The van der Waals surface area contributed by atoms with Crippen molar-refractivity contribution in [2.75, 3.05) is 5.75 Å². The van der Waals surface area contributed by atoms with E-state index in [-0.39, 0.29) is 11.9 Å². The Hall–Kier alpha value is -1.20. The van der Waals surface area contributed by atoms with E-state index in [1.165, 1.54) is 0 Å². The molecule has 2 N–H and O–H groups in total. The van der Waals surface area contributed by atoms with Crippen LogP contribution in [0.2, 0.25) is 5.02 Å². The zero-order chi connectivity index (χ0) is 14.3. The van der Waals surface area contributed by atoms with Crippen molar-refractivity contribution in [1.82, 2.24) is 5.32 Å². The number of hydrogen-bond donors (Lipinski definition) is 2. The minimum atomic E-state index is -1.19. The number of benzene rings is 1. The van der Waals surface area contributed by atoms with Gasteiger partial charge in [-0.2, -0.15) is 0 Å². The number of amides is 1. The van der Waals surface area contributed by atoms with Crippen molar-refractivity contribution in [1.29, 1.82) is 0 Å². The fourth-order valence-corrected chi connectivity index (χ4v) is 3.76. The second kappa shape index (κ2) is 4.97. The second-order valence-corrected chi connectivity index (χ2v) is 6.81. The van der Waals surface area contributed by atoms with Gasteiger partial charge in [0.15, 0.2) is 0 Å². The summed E-state index contributed by atoms with van der Waals surface area (Å²) in [5.41, 5.74) is -0.202. The number of carboxylic acids is 1. The second-order valence-electron chi connectivity index (χ2n) is 5.23. The Morgan fingerprint density at radius 2 is 2.15 bits per heavy atom. The predicted octanol–water partition coefficient (Wildman–Crippen LogP) is 2.86. The summed E-state index contributed by atoms with van der Waals surface area (Å²) in [7, 11) is 0. The van der Waals surface area contributed by atoms with E-state index in [0.29, 0.717) is 17.9 Å². The lowest BCUT2D eigenvalue weighted by Crippen LogP contribution is -2.40. The van der Waals surface area contributed by atoms with E-state index in [2.05, 4.69) is 5.32 Å². The molecule has 1 aliphatic heterocycles. The van der Waals surface area contributed by atoms with Crippen LogP contribution < -0.4 is 5.32 Å². The molecule has 1 saturated carbocycles. The Labute approximate surface area is 125 Å². The molecule has 0 aromatic heterocycles. The molecule has 106 valence electrons. The van der Waals surface area contributed by atoms with Gasteiger partial charge < -0.3 is 10.4 Å². The topological polar surface area (TPSA) is 66.4 Å². The van der Waals surface area contributed by atoms with Crippen molar-refractivity contribution in [3.8, 4) is 0 Å². The first kappa shape index (κ1) is 13.8. The van der Waals surface area contributed by atoms with Crippen LogP contribution in [-0.2, 0) is 9.59 Å². The van der Waals surface area contributed by atoms with Crippen LogP contribution in [0.15, 0.2) is 23.1 Å². The number of carbonyl (C=O) groups excluding carboxylic acids is 1. The fourth-order valence-electron chi connectivity index (χ4n) is 2.47. The Morgan fingerprint density at radius 1 is 1.40 bits per heavy atom. The summed E-state index contributed by atoms with van der Waals surface area (Å²) >= 11 is 7.75. The van der Waals surface area contributed by atoms with Gasteiger partial charge >= 0.3 is 5.97 Å². The van der Waals surface area contributed by atoms with Crippen LogP contribution in [0.25, 0.3) is 0 Å². The molecular formula is C14H14ClNO3S. The van der Waals surface area contributed by atoms with Crippen LogP contribution in [0, 0.1) is 5.41 Å². The number of halogens is 1. The van der Waals surface area contributed by atoms with E-state index in [1.807, 2.05) is 18.2 Å². The average molecular weight is 312 g/mol. The highest BCUT2D eigenvalue weighted by Crippen LogP contribution is 2.47. The van der Waals surface area contributed by atoms with E-state index in [4.69, 9.17) is 16.7 Å². The third-order valence-electron chi connectivity index (χ3n) is 3.91. The SMILES string of the molecule is O=C(O)C1(C(=O)NC2CCSc3ccc(Cl)cc32)CC1. The number of nitrogens with one attached hydrogen (secondary N) is 1. The van der Waals surface area contributed by atoms with Gasteiger partial charge in [-0.15, -0.1) is 11.8 Å². The zero-order valence-electron chi connectivity index (χ0n) is 10.7. The molecule has 1 aliphatic carbocycles. The van der Waals surface area contributed by atoms with Crippen molar-refractivity contribution >= 4 is 35.2 Å². The maximum atomic E-state index is 12.2. The molecule has 1 aromatic carbocycles. The number of hydrogen-bond acceptors (Lipinski definition) is 3. The Morgan fingerprint density at radius 3 is 2.80 bits per heavy atom. The molecule has 6 heteroatoms. The molecule has 1 amide bonds. The first-order valence-corrected chi connectivity index (χ1v) is 7.86. The number of rotatable bonds is 3. The fraction of sp³-hybridized carbons (Fsp3) is 0.429. The van der Waals surface area contributed by atoms with Crippen LogP contribution >= 0.6 is 23.4 Å². The third-order valence-corrected chi connectivity index (χ3v) is 5.27. The van der Waals surface area contributed by atoms with Crippen LogP contribution in [0.1, 0.15) is 30.9 Å². The molecular weight excluding hydrogens is 298 g/mol. The van der Waals surface area contributed by atoms with Crippen molar-refractivity contribution in [3.05, 3.63) is 28.8 Å². The lowest BCUT2D eigenvalue weighted by molar-refractivity contribution is -0.149. The van der Waals surface area contributed by atoms with Gasteiger partial charge in [-0.1, -0.05) is 11.6 Å². The number of fused-ring (bicyclic) bond motifs is 1. The van der Waals surface area contributed by atoms with Gasteiger partial charge in [-0.3, -0.25) is 9.59 Å². The largest absolute Gasteiger partial charge is 0.480 e. The minimum absolute atomic E-state index is 0.144. The summed E-state index contributed by atoms with van der Waals surface area (Å²) < 4.78 is 0. The van der Waals surface area contributed by atoms with E-state index in [9.17, 15) is 9.59 Å². The highest BCUT2D eigenvalue weighted by molar-refractivity contribution is 7.99. The molecule has 1 unspecified atom stereocenters. The quantitative estimate of drug-likeness (QED) is 0.842.